The fourth-order valence-corrected chi connectivity index (χ4v) is 4.19. The number of nitrogens with two attached hydrogens (primary N) is 1. The van der Waals surface area contributed by atoms with Gasteiger partial charge in [-0.3, -0.25) is 19.2 Å². The molecule has 0 spiro atoms. The molecular weight excluding hydrogens is 544 g/mol. The second kappa shape index (κ2) is 12.3. The van der Waals surface area contributed by atoms with Gasteiger partial charge in [-0.15, -0.1) is 0 Å². The number of nitrogens with one attached hydrogen (secondary N) is 3. The van der Waals surface area contributed by atoms with E-state index < -0.39 is 29.8 Å². The Kier molecular flexibility index (Phi) is 9.15. The van der Waals surface area contributed by atoms with Crippen LogP contribution in [0.2, 0.25) is 0 Å². The number of amides is 4. The summed E-state index contributed by atoms with van der Waals surface area (Å²) < 4.78 is 0.874. The highest BCUT2D eigenvalue weighted by molar-refractivity contribution is 9.10. The van der Waals surface area contributed by atoms with Gasteiger partial charge in [0.2, 0.25) is 11.8 Å². The number of rotatable bonds is 10. The molecule has 8 nitrogen and oxygen atoms in total. The lowest BCUT2D eigenvalue weighted by Gasteiger charge is -2.22. The molecule has 3 rings (SSSR count). The van der Waals surface area contributed by atoms with Crippen LogP contribution in [-0.2, 0) is 16.0 Å². The minimum Gasteiger partial charge on any atom is -0.368 e. The number of halogens is 1. The highest BCUT2D eigenvalue weighted by atomic mass is 79.9. The largest absolute Gasteiger partial charge is 0.368 e. The molecular formula is C26H25BrN4O4S. The Morgan fingerprint density at radius 1 is 0.944 bits per heavy atom. The van der Waals surface area contributed by atoms with E-state index in [0.29, 0.717) is 22.4 Å². The summed E-state index contributed by atoms with van der Waals surface area (Å²) >= 11 is 4.70. The Bertz CT molecular complexity index is 1240. The van der Waals surface area contributed by atoms with E-state index in [9.17, 15) is 19.2 Å². The number of benzene rings is 2. The van der Waals surface area contributed by atoms with E-state index in [2.05, 4.69) is 38.5 Å². The Balaban J connectivity index is 1.73. The number of hydrogen-bond acceptors (Lipinski definition) is 5. The fourth-order valence-electron chi connectivity index (χ4n) is 3.29. The van der Waals surface area contributed by atoms with Crippen molar-refractivity contribution in [2.75, 3.05) is 5.32 Å². The van der Waals surface area contributed by atoms with Gasteiger partial charge in [0.1, 0.15) is 12.1 Å². The smallest absolute Gasteiger partial charge is 0.255 e. The van der Waals surface area contributed by atoms with Gasteiger partial charge in [0.15, 0.2) is 0 Å². The number of hydrogen-bond donors (Lipinski definition) is 4. The average molecular weight is 569 g/mol. The molecule has 4 amide bonds. The minimum absolute atomic E-state index is 0.143. The fraction of sp³-hybridized carbons (Fsp3) is 0.154. The van der Waals surface area contributed by atoms with Gasteiger partial charge in [-0.25, -0.2) is 0 Å². The Hall–Kier alpha value is -3.76. The zero-order chi connectivity index (χ0) is 26.2. The van der Waals surface area contributed by atoms with Crippen molar-refractivity contribution in [1.29, 1.82) is 0 Å². The predicted molar refractivity (Wildman–Crippen MR) is 144 cm³/mol. The minimum atomic E-state index is -1.06. The summed E-state index contributed by atoms with van der Waals surface area (Å²) in [6.07, 6.45) is 0.143. The Labute approximate surface area is 221 Å². The molecule has 36 heavy (non-hydrogen) atoms. The molecule has 2 aromatic carbocycles. The van der Waals surface area contributed by atoms with Crippen molar-refractivity contribution in [3.63, 3.8) is 0 Å². The third kappa shape index (κ3) is 7.37. The van der Waals surface area contributed by atoms with Crippen LogP contribution in [0.1, 0.15) is 33.2 Å². The van der Waals surface area contributed by atoms with Crippen LogP contribution in [0.5, 0.6) is 0 Å². The molecule has 0 bridgehead atoms. The predicted octanol–water partition coefficient (Wildman–Crippen LogP) is 3.65. The van der Waals surface area contributed by atoms with Crippen molar-refractivity contribution >= 4 is 56.6 Å². The number of primary amides is 1. The maximum atomic E-state index is 13.0. The number of carbonyl (C=O) groups excluding carboxylic acids is 4. The first kappa shape index (κ1) is 26.8. The van der Waals surface area contributed by atoms with Crippen LogP contribution in [0, 0.1) is 0 Å². The number of anilines is 1. The third-order valence-corrected chi connectivity index (χ3v) is 6.44. The summed E-state index contributed by atoms with van der Waals surface area (Å²) in [6.45, 7) is 5.28. The standard InChI is InChI=1S/C26H25BrN4O4S/c1-15(2)22(23(28)32)31-26(35)21(30-25(34)18-11-12-36-14-18)13-16-3-9-20(10-4-16)29-24(33)17-5-7-19(27)8-6-17/h3-12,14,21-22H,1,13H2,2H3,(H2,28,32)(H,29,33)(H,30,34)(H,31,35)/t21-,22-/m0/s1. The molecule has 2 atom stereocenters. The van der Waals surface area contributed by atoms with Gasteiger partial charge < -0.3 is 21.7 Å². The average Bonchev–Trinajstić information content (AvgIpc) is 3.38. The van der Waals surface area contributed by atoms with E-state index in [0.717, 1.165) is 10.0 Å². The van der Waals surface area contributed by atoms with Gasteiger partial charge in [0.25, 0.3) is 11.8 Å². The van der Waals surface area contributed by atoms with Crippen molar-refractivity contribution in [2.24, 2.45) is 5.73 Å². The molecule has 5 N–H and O–H groups in total. The second-order valence-electron chi connectivity index (χ2n) is 8.09. The first-order valence-corrected chi connectivity index (χ1v) is 12.6. The van der Waals surface area contributed by atoms with Crippen LogP contribution < -0.4 is 21.7 Å². The molecule has 1 aromatic heterocycles. The number of thiophene rings is 1. The zero-order valence-corrected chi connectivity index (χ0v) is 21.8. The summed E-state index contributed by atoms with van der Waals surface area (Å²) in [5.74, 6) is -1.99. The first-order chi connectivity index (χ1) is 17.1. The molecule has 0 fully saturated rings. The molecule has 10 heteroatoms. The van der Waals surface area contributed by atoms with Crippen LogP contribution in [0.25, 0.3) is 0 Å². The Morgan fingerprint density at radius 3 is 2.17 bits per heavy atom. The van der Waals surface area contributed by atoms with Crippen molar-refractivity contribution in [3.8, 4) is 0 Å². The normalized spacial score (nSPS) is 12.2. The summed E-state index contributed by atoms with van der Waals surface area (Å²) in [6, 6.07) is 13.5. The number of carbonyl (C=O) groups is 4. The van der Waals surface area contributed by atoms with Gasteiger partial charge in [-0.05, 0) is 65.9 Å². The molecule has 0 radical (unpaired) electrons. The van der Waals surface area contributed by atoms with Gasteiger partial charge in [0.05, 0.1) is 5.56 Å². The topological polar surface area (TPSA) is 130 Å². The van der Waals surface area contributed by atoms with E-state index in [1.165, 1.54) is 11.3 Å². The van der Waals surface area contributed by atoms with Gasteiger partial charge in [0, 0.05) is 27.5 Å². The van der Waals surface area contributed by atoms with E-state index >= 15 is 0 Å². The van der Waals surface area contributed by atoms with E-state index in [-0.39, 0.29) is 12.3 Å². The van der Waals surface area contributed by atoms with Gasteiger partial charge >= 0.3 is 0 Å². The molecule has 3 aromatic rings. The lowest BCUT2D eigenvalue weighted by atomic mass is 10.0. The first-order valence-electron chi connectivity index (χ1n) is 10.9. The highest BCUT2D eigenvalue weighted by Gasteiger charge is 2.27. The molecule has 0 aliphatic carbocycles. The molecule has 0 aliphatic rings. The summed E-state index contributed by atoms with van der Waals surface area (Å²) in [4.78, 5) is 49.9. The van der Waals surface area contributed by atoms with Crippen LogP contribution in [0.3, 0.4) is 0 Å². The lowest BCUT2D eigenvalue weighted by Crippen LogP contribution is -2.54. The maximum Gasteiger partial charge on any atom is 0.255 e. The molecule has 0 aliphatic heterocycles. The van der Waals surface area contributed by atoms with Crippen LogP contribution >= 0.6 is 27.3 Å². The monoisotopic (exact) mass is 568 g/mol. The second-order valence-corrected chi connectivity index (χ2v) is 9.79. The van der Waals surface area contributed by atoms with E-state index in [1.807, 2.05) is 0 Å². The van der Waals surface area contributed by atoms with Crippen LogP contribution in [-0.4, -0.2) is 35.7 Å². The highest BCUT2D eigenvalue weighted by Crippen LogP contribution is 2.16. The van der Waals surface area contributed by atoms with Crippen LogP contribution in [0.15, 0.2) is 82.0 Å². The maximum absolute atomic E-state index is 13.0. The molecule has 1 heterocycles. The van der Waals surface area contributed by atoms with Gasteiger partial charge in [-0.2, -0.15) is 11.3 Å². The van der Waals surface area contributed by atoms with Crippen molar-refractivity contribution in [3.05, 3.63) is 98.7 Å². The summed E-state index contributed by atoms with van der Waals surface area (Å²) in [7, 11) is 0. The van der Waals surface area contributed by atoms with E-state index in [4.69, 9.17) is 5.73 Å². The molecule has 186 valence electrons. The third-order valence-electron chi connectivity index (χ3n) is 5.23. The SMILES string of the molecule is C=C(C)[C@H](NC(=O)[C@H](Cc1ccc(NC(=O)c2ccc(Br)cc2)cc1)NC(=O)c1ccsc1)C(N)=O. The summed E-state index contributed by atoms with van der Waals surface area (Å²) in [5, 5.41) is 11.5. The molecule has 0 unspecified atom stereocenters. The van der Waals surface area contributed by atoms with E-state index in [1.54, 1.807) is 72.3 Å². The Morgan fingerprint density at radius 2 is 1.61 bits per heavy atom. The van der Waals surface area contributed by atoms with Crippen LogP contribution in [0.4, 0.5) is 5.69 Å². The van der Waals surface area contributed by atoms with Crippen molar-refractivity contribution in [1.82, 2.24) is 10.6 Å². The van der Waals surface area contributed by atoms with Gasteiger partial charge in [-0.1, -0.05) is 34.6 Å². The summed E-state index contributed by atoms with van der Waals surface area (Å²) in [5.41, 5.74) is 8.01. The van der Waals surface area contributed by atoms with Crippen molar-refractivity contribution < 1.29 is 19.2 Å². The molecule has 0 saturated heterocycles. The molecule has 0 saturated carbocycles. The van der Waals surface area contributed by atoms with Crippen molar-refractivity contribution in [2.45, 2.75) is 25.4 Å². The quantitative estimate of drug-likeness (QED) is 0.278. The lowest BCUT2D eigenvalue weighted by molar-refractivity contribution is -0.127. The zero-order valence-electron chi connectivity index (χ0n) is 19.4.